The normalized spacial score (nSPS) is 12.4. The van der Waals surface area contributed by atoms with Gasteiger partial charge in [-0.3, -0.25) is 16.3 Å². The predicted octanol–water partition coefficient (Wildman–Crippen LogP) is 3.06. The fourth-order valence-corrected chi connectivity index (χ4v) is 2.74. The molecule has 2 aromatic rings. The summed E-state index contributed by atoms with van der Waals surface area (Å²) < 4.78 is 0. The number of hydrogen-bond donors (Lipinski definition) is 2. The minimum Gasteiger partial charge on any atom is -0.271 e. The zero-order valence-corrected chi connectivity index (χ0v) is 12.7. The highest BCUT2D eigenvalue weighted by molar-refractivity contribution is 5.38. The first-order valence-corrected chi connectivity index (χ1v) is 6.96. The minimum absolute atomic E-state index is 0.0370. The van der Waals surface area contributed by atoms with E-state index in [1.54, 1.807) is 0 Å². The molecule has 0 bridgehead atoms. The molecule has 1 aromatic heterocycles. The van der Waals surface area contributed by atoms with Crippen molar-refractivity contribution in [1.29, 1.82) is 0 Å². The molecule has 1 aromatic carbocycles. The van der Waals surface area contributed by atoms with E-state index in [2.05, 4.69) is 56.3 Å². The molecule has 106 valence electrons. The number of benzene rings is 1. The van der Waals surface area contributed by atoms with E-state index >= 15 is 0 Å². The molecule has 0 radical (unpaired) electrons. The molecule has 0 spiro atoms. The van der Waals surface area contributed by atoms with Gasteiger partial charge in [-0.25, -0.2) is 0 Å². The van der Waals surface area contributed by atoms with Gasteiger partial charge in [-0.2, -0.15) is 0 Å². The topological polar surface area (TPSA) is 50.9 Å². The highest BCUT2D eigenvalue weighted by Crippen LogP contribution is 2.23. The molecule has 0 saturated carbocycles. The van der Waals surface area contributed by atoms with Crippen LogP contribution in [0.1, 0.15) is 39.6 Å². The van der Waals surface area contributed by atoms with Gasteiger partial charge in [-0.05, 0) is 68.5 Å². The van der Waals surface area contributed by atoms with Gasteiger partial charge in [-0.15, -0.1) is 0 Å². The molecule has 1 atom stereocenters. The van der Waals surface area contributed by atoms with Crippen molar-refractivity contribution in [2.75, 3.05) is 0 Å². The SMILES string of the molecule is Cc1ccnc(C(Cc2c(C)cc(C)cc2C)NN)c1. The standard InChI is InChI=1S/C17H23N3/c1-11-5-6-19-16(9-11)17(20-18)10-15-13(3)7-12(2)8-14(15)4/h5-9,17,20H,10,18H2,1-4H3. The maximum Gasteiger partial charge on any atom is 0.0672 e. The van der Waals surface area contributed by atoms with Gasteiger partial charge in [0, 0.05) is 6.20 Å². The second-order valence-electron chi connectivity index (χ2n) is 5.56. The van der Waals surface area contributed by atoms with E-state index < -0.39 is 0 Å². The molecule has 3 N–H and O–H groups in total. The van der Waals surface area contributed by atoms with Gasteiger partial charge in [0.25, 0.3) is 0 Å². The Labute approximate surface area is 121 Å². The summed E-state index contributed by atoms with van der Waals surface area (Å²) in [6, 6.07) is 8.57. The zero-order valence-electron chi connectivity index (χ0n) is 12.7. The summed E-state index contributed by atoms with van der Waals surface area (Å²) in [7, 11) is 0. The zero-order chi connectivity index (χ0) is 14.7. The monoisotopic (exact) mass is 269 g/mol. The molecule has 2 rings (SSSR count). The number of hydrogen-bond acceptors (Lipinski definition) is 3. The van der Waals surface area contributed by atoms with E-state index in [-0.39, 0.29) is 6.04 Å². The summed E-state index contributed by atoms with van der Waals surface area (Å²) in [4.78, 5) is 4.44. The third kappa shape index (κ3) is 3.24. The van der Waals surface area contributed by atoms with Crippen LogP contribution in [0.3, 0.4) is 0 Å². The molecule has 3 heteroatoms. The lowest BCUT2D eigenvalue weighted by Crippen LogP contribution is -2.30. The van der Waals surface area contributed by atoms with E-state index in [1.165, 1.54) is 27.8 Å². The number of hydrazine groups is 1. The Hall–Kier alpha value is -1.71. The van der Waals surface area contributed by atoms with Crippen LogP contribution in [0, 0.1) is 27.7 Å². The molecule has 1 unspecified atom stereocenters. The summed E-state index contributed by atoms with van der Waals surface area (Å²) in [5.74, 6) is 5.74. The van der Waals surface area contributed by atoms with Crippen LogP contribution < -0.4 is 11.3 Å². The van der Waals surface area contributed by atoms with Crippen molar-refractivity contribution in [3.63, 3.8) is 0 Å². The van der Waals surface area contributed by atoms with Crippen LogP contribution in [-0.2, 0) is 6.42 Å². The molecular formula is C17H23N3. The summed E-state index contributed by atoms with van der Waals surface area (Å²) in [5.41, 5.74) is 10.4. The summed E-state index contributed by atoms with van der Waals surface area (Å²) in [6.45, 7) is 8.52. The molecule has 0 amide bonds. The van der Waals surface area contributed by atoms with Gasteiger partial charge < -0.3 is 0 Å². The molecule has 20 heavy (non-hydrogen) atoms. The van der Waals surface area contributed by atoms with Gasteiger partial charge in [0.15, 0.2) is 0 Å². The molecule has 3 nitrogen and oxygen atoms in total. The van der Waals surface area contributed by atoms with E-state index in [4.69, 9.17) is 5.84 Å². The number of nitrogens with zero attached hydrogens (tertiary/aromatic N) is 1. The highest BCUT2D eigenvalue weighted by Gasteiger charge is 2.15. The van der Waals surface area contributed by atoms with Crippen LogP contribution in [0.25, 0.3) is 0 Å². The Morgan fingerprint density at radius 2 is 1.70 bits per heavy atom. The number of nitrogens with one attached hydrogen (secondary N) is 1. The fourth-order valence-electron chi connectivity index (χ4n) is 2.74. The number of aryl methyl sites for hydroxylation is 4. The quantitative estimate of drug-likeness (QED) is 0.662. The van der Waals surface area contributed by atoms with E-state index in [0.717, 1.165) is 12.1 Å². The minimum atomic E-state index is 0.0370. The Kier molecular flexibility index (Phi) is 4.53. The van der Waals surface area contributed by atoms with Gasteiger partial charge >= 0.3 is 0 Å². The van der Waals surface area contributed by atoms with E-state index in [1.807, 2.05) is 12.3 Å². The van der Waals surface area contributed by atoms with Crippen LogP contribution in [0.5, 0.6) is 0 Å². The van der Waals surface area contributed by atoms with Crippen molar-refractivity contribution in [3.05, 3.63) is 64.0 Å². The average molecular weight is 269 g/mol. The maximum atomic E-state index is 5.74. The predicted molar refractivity (Wildman–Crippen MR) is 83.4 cm³/mol. The van der Waals surface area contributed by atoms with Crippen molar-refractivity contribution < 1.29 is 0 Å². The smallest absolute Gasteiger partial charge is 0.0672 e. The van der Waals surface area contributed by atoms with E-state index in [9.17, 15) is 0 Å². The molecule has 0 saturated heterocycles. The van der Waals surface area contributed by atoms with Gasteiger partial charge in [-0.1, -0.05) is 17.7 Å². The Bertz CT molecular complexity index is 582. The van der Waals surface area contributed by atoms with Crippen LogP contribution in [0.2, 0.25) is 0 Å². The second-order valence-corrected chi connectivity index (χ2v) is 5.56. The van der Waals surface area contributed by atoms with E-state index in [0.29, 0.717) is 0 Å². The van der Waals surface area contributed by atoms with Crippen LogP contribution in [0.15, 0.2) is 30.5 Å². The third-order valence-corrected chi connectivity index (χ3v) is 3.74. The van der Waals surface area contributed by atoms with Gasteiger partial charge in [0.1, 0.15) is 0 Å². The number of pyridine rings is 1. The average Bonchev–Trinajstić information content (AvgIpc) is 2.38. The number of rotatable bonds is 4. The summed E-state index contributed by atoms with van der Waals surface area (Å²) in [5, 5.41) is 0. The lowest BCUT2D eigenvalue weighted by molar-refractivity contribution is 0.536. The largest absolute Gasteiger partial charge is 0.271 e. The first-order chi connectivity index (χ1) is 9.51. The Morgan fingerprint density at radius 3 is 2.25 bits per heavy atom. The van der Waals surface area contributed by atoms with Crippen LogP contribution in [0.4, 0.5) is 0 Å². The maximum absolute atomic E-state index is 5.74. The molecule has 0 aliphatic carbocycles. The number of aromatic nitrogens is 1. The Balaban J connectivity index is 2.32. The van der Waals surface area contributed by atoms with Gasteiger partial charge in [0.2, 0.25) is 0 Å². The molecule has 0 fully saturated rings. The first-order valence-electron chi connectivity index (χ1n) is 6.96. The van der Waals surface area contributed by atoms with Gasteiger partial charge in [0.05, 0.1) is 11.7 Å². The Morgan fingerprint density at radius 1 is 1.05 bits per heavy atom. The lowest BCUT2D eigenvalue weighted by Gasteiger charge is -2.19. The number of nitrogens with two attached hydrogens (primary N) is 1. The third-order valence-electron chi connectivity index (χ3n) is 3.74. The van der Waals surface area contributed by atoms with Crippen molar-refractivity contribution in [2.45, 2.75) is 40.2 Å². The highest BCUT2D eigenvalue weighted by atomic mass is 15.2. The molecular weight excluding hydrogens is 246 g/mol. The van der Waals surface area contributed by atoms with Crippen molar-refractivity contribution in [3.8, 4) is 0 Å². The van der Waals surface area contributed by atoms with Crippen molar-refractivity contribution >= 4 is 0 Å². The van der Waals surface area contributed by atoms with Crippen molar-refractivity contribution in [2.24, 2.45) is 5.84 Å². The lowest BCUT2D eigenvalue weighted by atomic mass is 9.93. The summed E-state index contributed by atoms with van der Waals surface area (Å²) in [6.07, 6.45) is 2.69. The summed E-state index contributed by atoms with van der Waals surface area (Å²) >= 11 is 0. The first kappa shape index (κ1) is 14.7. The molecule has 0 aliphatic rings. The molecule has 1 heterocycles. The van der Waals surface area contributed by atoms with Crippen LogP contribution in [-0.4, -0.2) is 4.98 Å². The fraction of sp³-hybridized carbons (Fsp3) is 0.353. The molecule has 0 aliphatic heterocycles. The second kappa shape index (κ2) is 6.16. The van der Waals surface area contributed by atoms with Crippen molar-refractivity contribution in [1.82, 2.24) is 10.4 Å². The van der Waals surface area contributed by atoms with Crippen LogP contribution >= 0.6 is 0 Å².